The number of carbonyl (C=O) groups is 3. The van der Waals surface area contributed by atoms with Gasteiger partial charge in [0.25, 0.3) is 0 Å². The molecule has 0 unspecified atom stereocenters. The van der Waals surface area contributed by atoms with E-state index >= 15 is 0 Å². The molecule has 0 radical (unpaired) electrons. The highest BCUT2D eigenvalue weighted by molar-refractivity contribution is 6.30. The Morgan fingerprint density at radius 1 is 1.07 bits per heavy atom. The van der Waals surface area contributed by atoms with E-state index in [1.165, 1.54) is 0 Å². The zero-order chi connectivity index (χ0) is 29.2. The van der Waals surface area contributed by atoms with Crippen molar-refractivity contribution in [2.45, 2.75) is 44.7 Å². The van der Waals surface area contributed by atoms with Crippen LogP contribution in [0.25, 0.3) is 5.65 Å². The maximum atomic E-state index is 13.6. The molecule has 1 aromatic carbocycles. The molecular formula is C30H37ClN6O4. The van der Waals surface area contributed by atoms with Crippen molar-refractivity contribution in [3.8, 4) is 0 Å². The lowest BCUT2D eigenvalue weighted by molar-refractivity contribution is -0.129. The Morgan fingerprint density at radius 3 is 2.54 bits per heavy atom. The first-order valence-electron chi connectivity index (χ1n) is 13.9. The molecule has 41 heavy (non-hydrogen) atoms. The molecule has 1 aliphatic rings. The molecule has 3 heterocycles. The number of aromatic nitrogens is 2. The number of amides is 3. The van der Waals surface area contributed by atoms with Crippen molar-refractivity contribution in [3.63, 3.8) is 0 Å². The summed E-state index contributed by atoms with van der Waals surface area (Å²) < 4.78 is 7.20. The van der Waals surface area contributed by atoms with Gasteiger partial charge in [0.2, 0.25) is 17.7 Å². The minimum atomic E-state index is -0.839. The molecule has 1 aliphatic heterocycles. The highest BCUT2D eigenvalue weighted by atomic mass is 35.5. The number of halogens is 1. The van der Waals surface area contributed by atoms with E-state index in [0.717, 1.165) is 18.7 Å². The third-order valence-electron chi connectivity index (χ3n) is 6.99. The zero-order valence-electron chi connectivity index (χ0n) is 23.2. The van der Waals surface area contributed by atoms with Gasteiger partial charge >= 0.3 is 0 Å². The predicted molar refractivity (Wildman–Crippen MR) is 157 cm³/mol. The van der Waals surface area contributed by atoms with E-state index < -0.39 is 11.9 Å². The molecule has 4 N–H and O–H groups in total. The monoisotopic (exact) mass is 580 g/mol. The number of nitrogens with one attached hydrogen (secondary N) is 2. The van der Waals surface area contributed by atoms with E-state index in [0.29, 0.717) is 54.5 Å². The van der Waals surface area contributed by atoms with Crippen molar-refractivity contribution < 1.29 is 19.1 Å². The van der Waals surface area contributed by atoms with Crippen molar-refractivity contribution in [2.75, 3.05) is 32.8 Å². The van der Waals surface area contributed by atoms with E-state index in [9.17, 15) is 14.4 Å². The van der Waals surface area contributed by atoms with Crippen LogP contribution in [-0.2, 0) is 32.0 Å². The Morgan fingerprint density at radius 2 is 1.83 bits per heavy atom. The smallest absolute Gasteiger partial charge is 0.245 e. The molecule has 11 heteroatoms. The lowest BCUT2D eigenvalue weighted by Crippen LogP contribution is -2.51. The number of imidazole rings is 1. The zero-order valence-corrected chi connectivity index (χ0v) is 24.0. The van der Waals surface area contributed by atoms with E-state index in [-0.39, 0.29) is 30.7 Å². The van der Waals surface area contributed by atoms with Crippen molar-refractivity contribution in [1.82, 2.24) is 24.9 Å². The average molecular weight is 581 g/mol. The van der Waals surface area contributed by atoms with Gasteiger partial charge in [0.05, 0.1) is 23.9 Å². The number of nitrogens with zero attached hydrogens (tertiary/aromatic N) is 3. The second kappa shape index (κ2) is 14.8. The molecule has 1 saturated heterocycles. The third-order valence-corrected chi connectivity index (χ3v) is 7.21. The maximum Gasteiger partial charge on any atom is 0.245 e. The van der Waals surface area contributed by atoms with Crippen molar-refractivity contribution in [2.24, 2.45) is 5.73 Å². The number of benzene rings is 1. The first-order valence-corrected chi connectivity index (χ1v) is 14.2. The SMILES string of the molecule is CCC(=O)N[C@@H](Cc1cn2cc(Cl)ccc2n1)C(=O)N[C@@H](CC=C(CN1CCOCC1)C(N)=O)Cc1ccccc1. The number of carbonyl (C=O) groups excluding carboxylic acids is 3. The highest BCUT2D eigenvalue weighted by Gasteiger charge is 2.25. The Kier molecular flexibility index (Phi) is 10.9. The second-order valence-corrected chi connectivity index (χ2v) is 10.6. The summed E-state index contributed by atoms with van der Waals surface area (Å²) in [6.45, 7) is 4.84. The number of rotatable bonds is 13. The number of ether oxygens (including phenoxy) is 1. The Labute approximate surface area is 244 Å². The van der Waals surface area contributed by atoms with E-state index in [1.54, 1.807) is 35.9 Å². The first kappa shape index (κ1) is 30.2. The van der Waals surface area contributed by atoms with Gasteiger partial charge in [0.1, 0.15) is 11.7 Å². The lowest BCUT2D eigenvalue weighted by atomic mass is 10.0. The number of hydrogen-bond acceptors (Lipinski definition) is 6. The van der Waals surface area contributed by atoms with Gasteiger partial charge in [-0.15, -0.1) is 0 Å². The van der Waals surface area contributed by atoms with Gasteiger partial charge in [-0.2, -0.15) is 0 Å². The Bertz CT molecular complexity index is 1370. The van der Waals surface area contributed by atoms with E-state index in [1.807, 2.05) is 36.4 Å². The minimum absolute atomic E-state index is 0.203. The van der Waals surface area contributed by atoms with Gasteiger partial charge in [-0.3, -0.25) is 19.3 Å². The van der Waals surface area contributed by atoms with Gasteiger partial charge in [-0.1, -0.05) is 54.9 Å². The van der Waals surface area contributed by atoms with Crippen LogP contribution in [0.1, 0.15) is 31.0 Å². The molecule has 2 atom stereocenters. The van der Waals surface area contributed by atoms with Crippen LogP contribution in [0, 0.1) is 0 Å². The number of nitrogens with two attached hydrogens (primary N) is 1. The largest absolute Gasteiger partial charge is 0.379 e. The summed E-state index contributed by atoms with van der Waals surface area (Å²) in [5.41, 5.74) is 8.59. The van der Waals surface area contributed by atoms with Crippen LogP contribution < -0.4 is 16.4 Å². The van der Waals surface area contributed by atoms with Gasteiger partial charge < -0.3 is 25.5 Å². The normalized spacial score (nSPS) is 15.8. The molecule has 0 spiro atoms. The lowest BCUT2D eigenvalue weighted by Gasteiger charge is -2.27. The summed E-state index contributed by atoms with van der Waals surface area (Å²) in [5.74, 6) is -1.05. The van der Waals surface area contributed by atoms with Gasteiger partial charge in [0.15, 0.2) is 0 Å². The fraction of sp³-hybridized carbons (Fsp3) is 0.400. The van der Waals surface area contributed by atoms with Crippen molar-refractivity contribution in [1.29, 1.82) is 0 Å². The van der Waals surface area contributed by atoms with Crippen LogP contribution in [0.5, 0.6) is 0 Å². The van der Waals surface area contributed by atoms with E-state index in [2.05, 4.69) is 20.5 Å². The molecule has 0 saturated carbocycles. The molecule has 2 aromatic heterocycles. The number of morpholine rings is 1. The highest BCUT2D eigenvalue weighted by Crippen LogP contribution is 2.14. The molecule has 0 aliphatic carbocycles. The summed E-state index contributed by atoms with van der Waals surface area (Å²) >= 11 is 6.11. The molecule has 1 fully saturated rings. The summed E-state index contributed by atoms with van der Waals surface area (Å²) in [4.78, 5) is 45.0. The van der Waals surface area contributed by atoms with Crippen LogP contribution in [0.4, 0.5) is 0 Å². The topological polar surface area (TPSA) is 131 Å². The molecule has 218 valence electrons. The summed E-state index contributed by atoms with van der Waals surface area (Å²) in [7, 11) is 0. The van der Waals surface area contributed by atoms with Crippen LogP contribution >= 0.6 is 11.6 Å². The maximum absolute atomic E-state index is 13.6. The molecule has 3 aromatic rings. The van der Waals surface area contributed by atoms with Crippen LogP contribution in [0.2, 0.25) is 5.02 Å². The van der Waals surface area contributed by atoms with Crippen LogP contribution in [0.3, 0.4) is 0 Å². The summed E-state index contributed by atoms with van der Waals surface area (Å²) in [6, 6.07) is 12.2. The molecular weight excluding hydrogens is 544 g/mol. The predicted octanol–water partition coefficient (Wildman–Crippen LogP) is 2.29. The van der Waals surface area contributed by atoms with Crippen LogP contribution in [-0.4, -0.2) is 76.9 Å². The molecule has 4 rings (SSSR count). The fourth-order valence-corrected chi connectivity index (χ4v) is 4.92. The second-order valence-electron chi connectivity index (χ2n) is 10.1. The minimum Gasteiger partial charge on any atom is -0.379 e. The van der Waals surface area contributed by atoms with Gasteiger partial charge in [-0.25, -0.2) is 4.98 Å². The average Bonchev–Trinajstić information content (AvgIpc) is 3.37. The Hall–Kier alpha value is -3.73. The number of fused-ring (bicyclic) bond motifs is 1. The number of pyridine rings is 1. The summed E-state index contributed by atoms with van der Waals surface area (Å²) in [6.07, 6.45) is 6.73. The van der Waals surface area contributed by atoms with Gasteiger partial charge in [0, 0.05) is 56.5 Å². The Balaban J connectivity index is 1.53. The van der Waals surface area contributed by atoms with Crippen molar-refractivity contribution in [3.05, 3.63) is 82.8 Å². The molecule has 10 nitrogen and oxygen atoms in total. The third kappa shape index (κ3) is 9.14. The van der Waals surface area contributed by atoms with Gasteiger partial charge in [-0.05, 0) is 30.5 Å². The van der Waals surface area contributed by atoms with Crippen molar-refractivity contribution >= 4 is 35.0 Å². The quantitative estimate of drug-likeness (QED) is 0.266. The number of primary amides is 1. The molecule has 0 bridgehead atoms. The van der Waals surface area contributed by atoms with E-state index in [4.69, 9.17) is 22.1 Å². The number of hydrogen-bond donors (Lipinski definition) is 3. The molecule has 3 amide bonds. The fourth-order valence-electron chi connectivity index (χ4n) is 4.75. The first-order chi connectivity index (χ1) is 19.8. The van der Waals surface area contributed by atoms with Crippen LogP contribution in [0.15, 0.2) is 66.5 Å². The standard InChI is InChI=1S/C30H37ClN6O4/c1-2-28(38)35-26(17-25-20-37-19-23(31)9-11-27(37)33-25)30(40)34-24(16-21-6-4-3-5-7-21)10-8-22(29(32)39)18-36-12-14-41-15-13-36/h3-9,11,19-20,24,26H,2,10,12-18H2,1H3,(H2,32,39)(H,34,40)(H,35,38)/t24-,26-/m0/s1. The summed E-state index contributed by atoms with van der Waals surface area (Å²) in [5, 5.41) is 6.52.